The summed E-state index contributed by atoms with van der Waals surface area (Å²) >= 11 is 0. The lowest BCUT2D eigenvalue weighted by atomic mass is 10.1. The van der Waals surface area contributed by atoms with Crippen LogP contribution in [0.25, 0.3) is 0 Å². The molecule has 0 aromatic heterocycles. The van der Waals surface area contributed by atoms with Crippen LogP contribution in [-0.4, -0.2) is 53.4 Å². The van der Waals surface area contributed by atoms with Gasteiger partial charge < -0.3 is 13.6 Å². The van der Waals surface area contributed by atoms with Crippen LogP contribution in [0.2, 0.25) is 12.6 Å². The molecule has 1 heterocycles. The molecule has 2 unspecified atom stereocenters. The first-order valence-corrected chi connectivity index (χ1v) is 10.8. The zero-order valence-electron chi connectivity index (χ0n) is 14.1. The van der Waals surface area contributed by atoms with Gasteiger partial charge in [0.25, 0.3) is 0 Å². The van der Waals surface area contributed by atoms with E-state index in [4.69, 9.17) is 13.6 Å². The fraction of sp³-hybridized carbons (Fsp3) is 0.647. The molecule has 0 saturated carbocycles. The van der Waals surface area contributed by atoms with Gasteiger partial charge >= 0.3 is 8.56 Å². The van der Waals surface area contributed by atoms with Crippen molar-refractivity contribution in [3.63, 3.8) is 0 Å². The highest BCUT2D eigenvalue weighted by Crippen LogP contribution is 2.29. The molecular formula is C17H29NO3Si. The molecule has 1 aliphatic rings. The van der Waals surface area contributed by atoms with Crippen LogP contribution in [0, 0.1) is 0 Å². The predicted octanol–water partition coefficient (Wildman–Crippen LogP) is 3.20. The molecule has 1 fully saturated rings. The van der Waals surface area contributed by atoms with E-state index < -0.39 is 8.56 Å². The van der Waals surface area contributed by atoms with E-state index in [0.717, 1.165) is 45.3 Å². The summed E-state index contributed by atoms with van der Waals surface area (Å²) in [6.45, 7) is 8.75. The lowest BCUT2D eigenvalue weighted by Crippen LogP contribution is -2.45. The van der Waals surface area contributed by atoms with Crippen molar-refractivity contribution in [2.45, 2.75) is 32.0 Å². The van der Waals surface area contributed by atoms with Crippen molar-refractivity contribution in [2.24, 2.45) is 0 Å². The van der Waals surface area contributed by atoms with Gasteiger partial charge in [-0.05, 0) is 38.0 Å². The quantitative estimate of drug-likeness (QED) is 0.594. The first-order chi connectivity index (χ1) is 10.7. The van der Waals surface area contributed by atoms with E-state index in [0.29, 0.717) is 0 Å². The average molecular weight is 324 g/mol. The maximum absolute atomic E-state index is 6.48. The lowest BCUT2D eigenvalue weighted by Gasteiger charge is -2.37. The van der Waals surface area contributed by atoms with Gasteiger partial charge in [0.15, 0.2) is 0 Å². The van der Waals surface area contributed by atoms with Gasteiger partial charge in [0.1, 0.15) is 0 Å². The number of benzene rings is 1. The topological polar surface area (TPSA) is 30.9 Å². The third-order valence-corrected chi connectivity index (χ3v) is 7.19. The van der Waals surface area contributed by atoms with E-state index >= 15 is 0 Å². The molecule has 124 valence electrons. The van der Waals surface area contributed by atoms with Gasteiger partial charge in [-0.3, -0.25) is 4.90 Å². The molecule has 1 aromatic rings. The molecule has 0 amide bonds. The highest BCUT2D eigenvalue weighted by molar-refractivity contribution is 6.66. The maximum atomic E-state index is 6.48. The van der Waals surface area contributed by atoms with Gasteiger partial charge in [-0.25, -0.2) is 0 Å². The summed E-state index contributed by atoms with van der Waals surface area (Å²) in [5.74, 6) is 0. The second-order valence-corrected chi connectivity index (χ2v) is 9.37. The highest BCUT2D eigenvalue weighted by Gasteiger charge is 2.36. The third-order valence-electron chi connectivity index (χ3n) is 4.28. The Balaban J connectivity index is 2.08. The van der Waals surface area contributed by atoms with Crippen LogP contribution < -0.4 is 0 Å². The molecule has 0 spiro atoms. The normalized spacial score (nSPS) is 27.3. The molecule has 1 aliphatic heterocycles. The number of hydrogen-bond acceptors (Lipinski definition) is 4. The summed E-state index contributed by atoms with van der Waals surface area (Å²) in [6, 6.07) is 11.5. The van der Waals surface area contributed by atoms with Crippen molar-refractivity contribution in [3.05, 3.63) is 35.9 Å². The van der Waals surface area contributed by atoms with E-state index in [2.05, 4.69) is 35.7 Å². The van der Waals surface area contributed by atoms with Crippen LogP contribution >= 0.6 is 0 Å². The Labute approximate surface area is 135 Å². The Kier molecular flexibility index (Phi) is 7.04. The first kappa shape index (κ1) is 17.6. The average Bonchev–Trinajstić information content (AvgIpc) is 2.53. The molecule has 22 heavy (non-hydrogen) atoms. The predicted molar refractivity (Wildman–Crippen MR) is 91.3 cm³/mol. The Morgan fingerprint density at radius 2 is 2.09 bits per heavy atom. The minimum Gasteiger partial charge on any atom is -0.398 e. The second-order valence-electron chi connectivity index (χ2n) is 5.96. The van der Waals surface area contributed by atoms with Crippen molar-refractivity contribution >= 4 is 8.56 Å². The maximum Gasteiger partial charge on any atom is 0.335 e. The van der Waals surface area contributed by atoms with Gasteiger partial charge in [0.2, 0.25) is 0 Å². The number of nitrogens with zero attached hydrogens (tertiary/aromatic N) is 1. The standard InChI is InChI=1S/C17H29NO3Si/c1-4-20-13-12-18-11-8-14-22(3,19-2)21-17(15-18)16-9-6-5-7-10-16/h5-7,9-10,17H,4,8,11-15H2,1-3H3. The Hall–Kier alpha value is -0.723. The van der Waals surface area contributed by atoms with Crippen molar-refractivity contribution in [1.29, 1.82) is 0 Å². The van der Waals surface area contributed by atoms with Crippen LogP contribution in [0.5, 0.6) is 0 Å². The molecule has 4 nitrogen and oxygen atoms in total. The van der Waals surface area contributed by atoms with Gasteiger partial charge in [-0.1, -0.05) is 30.3 Å². The van der Waals surface area contributed by atoms with E-state index in [9.17, 15) is 0 Å². The van der Waals surface area contributed by atoms with Gasteiger partial charge in [0.05, 0.1) is 12.7 Å². The van der Waals surface area contributed by atoms with Crippen molar-refractivity contribution in [2.75, 3.05) is 40.0 Å². The van der Waals surface area contributed by atoms with Gasteiger partial charge in [0, 0.05) is 26.8 Å². The van der Waals surface area contributed by atoms with E-state index in [1.165, 1.54) is 5.56 Å². The molecule has 0 radical (unpaired) electrons. The molecule has 1 aromatic carbocycles. The Morgan fingerprint density at radius 3 is 2.77 bits per heavy atom. The fourth-order valence-electron chi connectivity index (χ4n) is 2.88. The van der Waals surface area contributed by atoms with Crippen LogP contribution in [0.4, 0.5) is 0 Å². The minimum atomic E-state index is -2.06. The van der Waals surface area contributed by atoms with Crippen LogP contribution in [0.1, 0.15) is 25.0 Å². The summed E-state index contributed by atoms with van der Waals surface area (Å²) in [5, 5.41) is 0. The van der Waals surface area contributed by atoms with Crippen LogP contribution in [0.15, 0.2) is 30.3 Å². The SMILES string of the molecule is CCOCCN1CCC[Si](C)(OC)OC(c2ccccc2)C1. The van der Waals surface area contributed by atoms with Gasteiger partial charge in [-0.15, -0.1) is 0 Å². The summed E-state index contributed by atoms with van der Waals surface area (Å²) < 4.78 is 17.8. The fourth-order valence-corrected chi connectivity index (χ4v) is 4.91. The lowest BCUT2D eigenvalue weighted by molar-refractivity contribution is 0.0585. The molecule has 2 atom stereocenters. The summed E-state index contributed by atoms with van der Waals surface area (Å²) in [6.07, 6.45) is 1.21. The van der Waals surface area contributed by atoms with E-state index in [-0.39, 0.29) is 6.10 Å². The summed E-state index contributed by atoms with van der Waals surface area (Å²) in [7, 11) is -0.270. The Morgan fingerprint density at radius 1 is 1.32 bits per heavy atom. The zero-order valence-corrected chi connectivity index (χ0v) is 15.1. The first-order valence-electron chi connectivity index (χ1n) is 8.25. The smallest absolute Gasteiger partial charge is 0.335 e. The summed E-state index contributed by atoms with van der Waals surface area (Å²) in [4.78, 5) is 2.46. The van der Waals surface area contributed by atoms with Gasteiger partial charge in [-0.2, -0.15) is 0 Å². The van der Waals surface area contributed by atoms with Crippen LogP contribution in [-0.2, 0) is 13.6 Å². The number of rotatable bonds is 6. The van der Waals surface area contributed by atoms with Crippen molar-refractivity contribution in [1.82, 2.24) is 4.90 Å². The minimum absolute atomic E-state index is 0.0831. The molecule has 5 heteroatoms. The molecule has 1 saturated heterocycles. The second kappa shape index (κ2) is 8.79. The molecule has 0 bridgehead atoms. The van der Waals surface area contributed by atoms with E-state index in [1.807, 2.05) is 13.0 Å². The monoisotopic (exact) mass is 323 g/mol. The summed E-state index contributed by atoms with van der Waals surface area (Å²) in [5.41, 5.74) is 1.24. The Bertz CT molecular complexity index is 431. The van der Waals surface area contributed by atoms with Crippen molar-refractivity contribution in [3.8, 4) is 0 Å². The van der Waals surface area contributed by atoms with Crippen LogP contribution in [0.3, 0.4) is 0 Å². The highest BCUT2D eigenvalue weighted by atomic mass is 28.4. The largest absolute Gasteiger partial charge is 0.398 e. The molecular weight excluding hydrogens is 294 g/mol. The van der Waals surface area contributed by atoms with Crippen molar-refractivity contribution < 1.29 is 13.6 Å². The third kappa shape index (κ3) is 5.17. The zero-order chi connectivity index (χ0) is 15.8. The number of hydrogen-bond donors (Lipinski definition) is 0. The molecule has 2 rings (SSSR count). The molecule has 0 aliphatic carbocycles. The number of ether oxygens (including phenoxy) is 1. The molecule has 0 N–H and O–H groups in total. The van der Waals surface area contributed by atoms with E-state index in [1.54, 1.807) is 7.11 Å².